The molecule has 18 heavy (non-hydrogen) atoms. The molecule has 1 N–H and O–H groups in total. The Bertz CT molecular complexity index is 714. The number of nitrogens with one attached hydrogen (secondary N) is 1. The Morgan fingerprint density at radius 3 is 2.89 bits per heavy atom. The number of aromatic nitrogens is 2. The minimum absolute atomic E-state index is 0.696. The molecule has 3 rings (SSSR count). The smallest absolute Gasteiger partial charge is 0.152 e. The second-order valence-electron chi connectivity index (χ2n) is 4.32. The Labute approximate surface area is 104 Å². The number of aldehydes is 1. The highest BCUT2D eigenvalue weighted by molar-refractivity contribution is 6.04. The van der Waals surface area contributed by atoms with Gasteiger partial charge in [-0.15, -0.1) is 0 Å². The predicted molar refractivity (Wildman–Crippen MR) is 71.7 cm³/mol. The average molecular weight is 236 g/mol. The van der Waals surface area contributed by atoms with Gasteiger partial charge in [0.2, 0.25) is 0 Å². The van der Waals surface area contributed by atoms with Crippen LogP contribution in [0.15, 0.2) is 42.7 Å². The molecule has 88 valence electrons. The molecule has 2 heterocycles. The van der Waals surface area contributed by atoms with Crippen LogP contribution in [0.4, 0.5) is 0 Å². The van der Waals surface area contributed by atoms with Crippen LogP contribution in [0.2, 0.25) is 0 Å². The van der Waals surface area contributed by atoms with Gasteiger partial charge in [0.05, 0.1) is 5.69 Å². The molecule has 2 aromatic heterocycles. The van der Waals surface area contributed by atoms with E-state index in [0.717, 1.165) is 34.0 Å². The number of hydrogen-bond donors (Lipinski definition) is 1. The van der Waals surface area contributed by atoms with Crippen molar-refractivity contribution in [1.29, 1.82) is 0 Å². The molecule has 0 aliphatic rings. The molecule has 3 heteroatoms. The summed E-state index contributed by atoms with van der Waals surface area (Å²) >= 11 is 0. The summed E-state index contributed by atoms with van der Waals surface area (Å²) in [5, 5.41) is 0.962. The van der Waals surface area contributed by atoms with Crippen molar-refractivity contribution < 1.29 is 4.79 Å². The number of pyridine rings is 1. The maximum absolute atomic E-state index is 11.3. The number of hydrogen-bond acceptors (Lipinski definition) is 2. The van der Waals surface area contributed by atoms with Gasteiger partial charge in [0.15, 0.2) is 6.29 Å². The van der Waals surface area contributed by atoms with Crippen LogP contribution < -0.4 is 0 Å². The molecule has 0 atom stereocenters. The van der Waals surface area contributed by atoms with Gasteiger partial charge in [0.25, 0.3) is 0 Å². The van der Waals surface area contributed by atoms with Crippen molar-refractivity contribution >= 4 is 17.2 Å². The zero-order valence-electron chi connectivity index (χ0n) is 9.97. The average Bonchev–Trinajstić information content (AvgIpc) is 2.77. The van der Waals surface area contributed by atoms with Crippen LogP contribution in [0.3, 0.4) is 0 Å². The number of fused-ring (bicyclic) bond motifs is 1. The first-order chi connectivity index (χ1) is 8.79. The largest absolute Gasteiger partial charge is 0.354 e. The molecule has 0 aliphatic carbocycles. The van der Waals surface area contributed by atoms with Crippen molar-refractivity contribution in [3.63, 3.8) is 0 Å². The van der Waals surface area contributed by atoms with Gasteiger partial charge in [-0.3, -0.25) is 9.78 Å². The van der Waals surface area contributed by atoms with Crippen molar-refractivity contribution in [2.45, 2.75) is 6.92 Å². The van der Waals surface area contributed by atoms with E-state index in [2.05, 4.69) is 9.97 Å². The minimum Gasteiger partial charge on any atom is -0.354 e. The van der Waals surface area contributed by atoms with Crippen molar-refractivity contribution in [2.75, 3.05) is 0 Å². The van der Waals surface area contributed by atoms with Crippen LogP contribution in [-0.2, 0) is 0 Å². The molecule has 0 spiro atoms. The summed E-state index contributed by atoms with van der Waals surface area (Å²) < 4.78 is 0. The lowest BCUT2D eigenvalue weighted by Crippen LogP contribution is -1.85. The number of rotatable bonds is 2. The molecule has 0 aliphatic heterocycles. The Kier molecular flexibility index (Phi) is 2.45. The topological polar surface area (TPSA) is 45.8 Å². The Morgan fingerprint density at radius 2 is 2.17 bits per heavy atom. The Morgan fingerprint density at radius 1 is 1.28 bits per heavy atom. The van der Waals surface area contributed by atoms with Gasteiger partial charge >= 0.3 is 0 Å². The lowest BCUT2D eigenvalue weighted by atomic mass is 10.1. The molecule has 3 aromatic rings. The summed E-state index contributed by atoms with van der Waals surface area (Å²) in [6.07, 6.45) is 4.38. The van der Waals surface area contributed by atoms with Crippen LogP contribution in [-0.4, -0.2) is 16.3 Å². The summed E-state index contributed by atoms with van der Waals surface area (Å²) in [6, 6.07) is 9.85. The fraction of sp³-hybridized carbons (Fsp3) is 0.0667. The minimum atomic E-state index is 0.696. The molecule has 0 bridgehead atoms. The highest BCUT2D eigenvalue weighted by atomic mass is 16.1. The van der Waals surface area contributed by atoms with Crippen molar-refractivity contribution in [3.05, 3.63) is 53.9 Å². The first-order valence-corrected chi connectivity index (χ1v) is 5.77. The first-order valence-electron chi connectivity index (χ1n) is 5.77. The van der Waals surface area contributed by atoms with E-state index in [-0.39, 0.29) is 0 Å². The monoisotopic (exact) mass is 236 g/mol. The number of aromatic amines is 1. The van der Waals surface area contributed by atoms with E-state index in [1.807, 2.05) is 37.3 Å². The lowest BCUT2D eigenvalue weighted by molar-refractivity contribution is 0.112. The van der Waals surface area contributed by atoms with E-state index >= 15 is 0 Å². The van der Waals surface area contributed by atoms with Crippen LogP contribution in [0.5, 0.6) is 0 Å². The van der Waals surface area contributed by atoms with E-state index in [1.54, 1.807) is 12.4 Å². The van der Waals surface area contributed by atoms with Crippen LogP contribution in [0.25, 0.3) is 22.2 Å². The molecule has 0 radical (unpaired) electrons. The Balaban J connectivity index is 2.33. The van der Waals surface area contributed by atoms with Gasteiger partial charge in [-0.25, -0.2) is 0 Å². The molecular weight excluding hydrogens is 224 g/mol. The zero-order chi connectivity index (χ0) is 12.5. The third-order valence-electron chi connectivity index (χ3n) is 3.06. The molecule has 0 saturated carbocycles. The quantitative estimate of drug-likeness (QED) is 0.693. The van der Waals surface area contributed by atoms with Gasteiger partial charge in [0, 0.05) is 34.4 Å². The summed E-state index contributed by atoms with van der Waals surface area (Å²) in [6.45, 7) is 2.02. The molecule has 0 amide bonds. The van der Waals surface area contributed by atoms with Crippen molar-refractivity contribution in [3.8, 4) is 11.3 Å². The second-order valence-corrected chi connectivity index (χ2v) is 4.32. The lowest BCUT2D eigenvalue weighted by Gasteiger charge is -1.97. The number of carbonyl (C=O) groups is 1. The van der Waals surface area contributed by atoms with E-state index in [1.165, 1.54) is 0 Å². The van der Waals surface area contributed by atoms with Gasteiger partial charge in [0.1, 0.15) is 0 Å². The summed E-state index contributed by atoms with van der Waals surface area (Å²) in [5.74, 6) is 0. The van der Waals surface area contributed by atoms with Crippen molar-refractivity contribution in [2.24, 2.45) is 0 Å². The number of H-pyrrole nitrogens is 1. The summed E-state index contributed by atoms with van der Waals surface area (Å²) in [5.41, 5.74) is 4.57. The number of aryl methyl sites for hydroxylation is 1. The summed E-state index contributed by atoms with van der Waals surface area (Å²) in [7, 11) is 0. The number of nitrogens with zero attached hydrogens (tertiary/aromatic N) is 1. The molecule has 0 fully saturated rings. The molecule has 3 nitrogen and oxygen atoms in total. The van der Waals surface area contributed by atoms with Gasteiger partial charge in [-0.1, -0.05) is 11.6 Å². The predicted octanol–water partition coefficient (Wildman–Crippen LogP) is 3.35. The van der Waals surface area contributed by atoms with Gasteiger partial charge in [-0.05, 0) is 31.2 Å². The second kappa shape index (κ2) is 4.11. The van der Waals surface area contributed by atoms with Crippen LogP contribution >= 0.6 is 0 Å². The van der Waals surface area contributed by atoms with Crippen LogP contribution in [0.1, 0.15) is 15.9 Å². The SMILES string of the molecule is Cc1ccc2[nH]c(-c3cccnc3)c(C=O)c2c1. The highest BCUT2D eigenvalue weighted by Crippen LogP contribution is 2.29. The van der Waals surface area contributed by atoms with E-state index in [4.69, 9.17) is 0 Å². The third kappa shape index (κ3) is 1.61. The molecule has 0 saturated heterocycles. The van der Waals surface area contributed by atoms with Crippen LogP contribution in [0, 0.1) is 6.92 Å². The number of carbonyl (C=O) groups excluding carboxylic acids is 1. The normalized spacial score (nSPS) is 10.7. The molecule has 1 aromatic carbocycles. The fourth-order valence-electron chi connectivity index (χ4n) is 2.19. The zero-order valence-corrected chi connectivity index (χ0v) is 9.97. The first kappa shape index (κ1) is 10.7. The van der Waals surface area contributed by atoms with Crippen molar-refractivity contribution in [1.82, 2.24) is 9.97 Å². The maximum atomic E-state index is 11.3. The highest BCUT2D eigenvalue weighted by Gasteiger charge is 2.12. The molecule has 0 unspecified atom stereocenters. The maximum Gasteiger partial charge on any atom is 0.152 e. The standard InChI is InChI=1S/C15H12N2O/c1-10-4-5-14-12(7-10)13(9-18)15(17-14)11-3-2-6-16-8-11/h2-9,17H,1H3. The Hall–Kier alpha value is -2.42. The fourth-order valence-corrected chi connectivity index (χ4v) is 2.19. The van der Waals surface area contributed by atoms with E-state index < -0.39 is 0 Å². The van der Waals surface area contributed by atoms with Gasteiger partial charge in [-0.2, -0.15) is 0 Å². The summed E-state index contributed by atoms with van der Waals surface area (Å²) in [4.78, 5) is 18.7. The van der Waals surface area contributed by atoms with Gasteiger partial charge < -0.3 is 4.98 Å². The number of benzene rings is 1. The molecular formula is C15H12N2O. The van der Waals surface area contributed by atoms with E-state index in [9.17, 15) is 4.79 Å². The van der Waals surface area contributed by atoms with E-state index in [0.29, 0.717) is 5.56 Å². The third-order valence-corrected chi connectivity index (χ3v) is 3.06.